The van der Waals surface area contributed by atoms with Crippen LogP contribution in [0.4, 0.5) is 19.0 Å². The predicted molar refractivity (Wildman–Crippen MR) is 112 cm³/mol. The van der Waals surface area contributed by atoms with Crippen LogP contribution in [-0.4, -0.2) is 35.8 Å². The van der Waals surface area contributed by atoms with E-state index in [0.29, 0.717) is 11.5 Å². The molecule has 6 heteroatoms. The van der Waals surface area contributed by atoms with E-state index in [2.05, 4.69) is 9.98 Å². The van der Waals surface area contributed by atoms with E-state index in [0.717, 1.165) is 11.1 Å². The molecular weight excluding hydrogens is 389 g/mol. The smallest absolute Gasteiger partial charge is 0.152 e. The van der Waals surface area contributed by atoms with Crippen LogP contribution in [0.3, 0.4) is 0 Å². The average molecular weight is 412 g/mol. The first-order valence-corrected chi connectivity index (χ1v) is 9.54. The lowest BCUT2D eigenvalue weighted by atomic mass is 9.72. The van der Waals surface area contributed by atoms with E-state index in [1.165, 1.54) is 25.3 Å². The van der Waals surface area contributed by atoms with Gasteiger partial charge < -0.3 is 5.11 Å². The zero-order valence-electron chi connectivity index (χ0n) is 16.6. The van der Waals surface area contributed by atoms with Crippen LogP contribution < -0.4 is 0 Å². The van der Waals surface area contributed by atoms with Gasteiger partial charge in [0.25, 0.3) is 0 Å². The minimum Gasteiger partial charge on any atom is -0.385 e. The van der Waals surface area contributed by atoms with Gasteiger partial charge in [0.2, 0.25) is 0 Å². The van der Waals surface area contributed by atoms with Gasteiger partial charge in [0.15, 0.2) is 5.82 Å². The van der Waals surface area contributed by atoms with Gasteiger partial charge >= 0.3 is 0 Å². The minimum atomic E-state index is -2.17. The van der Waals surface area contributed by atoms with Crippen LogP contribution in [0.2, 0.25) is 0 Å². The number of nitrogens with zero attached hydrogens (tertiary/aromatic N) is 2. The zero-order chi connectivity index (χ0) is 21.6. The number of pyridine rings is 1. The normalized spacial score (nSPS) is 13.5. The monoisotopic (exact) mass is 412 g/mol. The number of benzene rings is 2. The lowest BCUT2D eigenvalue weighted by Crippen LogP contribution is -2.49. The van der Waals surface area contributed by atoms with Crippen LogP contribution in [0.25, 0.3) is 0 Å². The molecule has 0 amide bonds. The van der Waals surface area contributed by atoms with E-state index in [4.69, 9.17) is 0 Å². The Labute approximate surface area is 174 Å². The molecule has 0 saturated heterocycles. The highest BCUT2D eigenvalue weighted by Gasteiger charge is 2.49. The molecule has 3 rings (SSSR count). The Bertz CT molecular complexity index is 921. The first-order valence-electron chi connectivity index (χ1n) is 9.54. The van der Waals surface area contributed by atoms with Crippen molar-refractivity contribution >= 4 is 11.5 Å². The van der Waals surface area contributed by atoms with Crippen LogP contribution in [0.1, 0.15) is 23.6 Å². The number of alkyl halides is 3. The number of aromatic nitrogens is 1. The first kappa shape index (κ1) is 21.7. The maximum absolute atomic E-state index is 13.4. The molecule has 1 aromatic heterocycles. The third-order valence-electron chi connectivity index (χ3n) is 5.43. The summed E-state index contributed by atoms with van der Waals surface area (Å²) in [4.78, 5) is 8.88. The summed E-state index contributed by atoms with van der Waals surface area (Å²) in [7, 11) is 0. The molecule has 156 valence electrons. The maximum Gasteiger partial charge on any atom is 0.152 e. The van der Waals surface area contributed by atoms with Crippen molar-refractivity contribution in [2.75, 3.05) is 20.0 Å². The van der Waals surface area contributed by atoms with Crippen molar-refractivity contribution in [1.82, 2.24) is 4.98 Å². The highest BCUT2D eigenvalue weighted by atomic mass is 19.1. The van der Waals surface area contributed by atoms with E-state index in [-0.39, 0.29) is 5.56 Å². The van der Waals surface area contributed by atoms with Gasteiger partial charge in [0.1, 0.15) is 25.6 Å². The molecule has 0 aliphatic carbocycles. The summed E-state index contributed by atoms with van der Waals surface area (Å²) in [5.41, 5.74) is -1.62. The Kier molecular flexibility index (Phi) is 6.67. The number of rotatable bonds is 8. The van der Waals surface area contributed by atoms with Gasteiger partial charge in [-0.25, -0.2) is 9.98 Å². The van der Waals surface area contributed by atoms with E-state index in [1.54, 1.807) is 0 Å². The van der Waals surface area contributed by atoms with E-state index >= 15 is 0 Å². The Hall–Kier alpha value is -2.99. The van der Waals surface area contributed by atoms with Gasteiger partial charge in [0, 0.05) is 22.9 Å². The van der Waals surface area contributed by atoms with Crippen molar-refractivity contribution < 1.29 is 18.3 Å². The van der Waals surface area contributed by atoms with Crippen molar-refractivity contribution in [1.29, 1.82) is 0 Å². The van der Waals surface area contributed by atoms with Crippen LogP contribution in [0, 0.1) is 5.41 Å². The summed E-state index contributed by atoms with van der Waals surface area (Å²) in [6.07, 6.45) is 1.28. The second-order valence-corrected chi connectivity index (χ2v) is 7.35. The summed E-state index contributed by atoms with van der Waals surface area (Å²) in [5, 5.41) is 10.7. The topological polar surface area (TPSA) is 45.5 Å². The van der Waals surface area contributed by atoms with Crippen molar-refractivity contribution in [2.24, 2.45) is 10.4 Å². The van der Waals surface area contributed by atoms with Gasteiger partial charge in [-0.05, 0) is 13.0 Å². The predicted octanol–water partition coefficient (Wildman–Crippen LogP) is 5.35. The molecule has 30 heavy (non-hydrogen) atoms. The molecule has 1 N–H and O–H groups in total. The summed E-state index contributed by atoms with van der Waals surface area (Å²) in [5.74, 6) is 0.351. The standard InChI is InChI=1S/C24H23F3N2O/c1-23(30,24(15-25,16-26)17-27)20-12-13-21(28-14-20)29-22(18-8-4-2-5-9-18)19-10-6-3-7-11-19/h2-14,30H,15-17H2,1H3. The fourth-order valence-electron chi connectivity index (χ4n) is 3.15. The largest absolute Gasteiger partial charge is 0.385 e. The number of halogens is 3. The Morgan fingerprint density at radius 2 is 1.33 bits per heavy atom. The second-order valence-electron chi connectivity index (χ2n) is 7.35. The molecular formula is C24H23F3N2O. The highest BCUT2D eigenvalue weighted by Crippen LogP contribution is 2.41. The third-order valence-corrected chi connectivity index (χ3v) is 5.43. The molecule has 0 aliphatic heterocycles. The van der Waals surface area contributed by atoms with Crippen molar-refractivity contribution in [2.45, 2.75) is 12.5 Å². The number of aliphatic imine (C=N–C) groups is 1. The molecule has 3 aromatic rings. The van der Waals surface area contributed by atoms with Gasteiger partial charge in [0.05, 0.1) is 11.1 Å². The first-order chi connectivity index (χ1) is 14.5. The van der Waals surface area contributed by atoms with Crippen molar-refractivity contribution in [3.8, 4) is 0 Å². The Morgan fingerprint density at radius 1 is 0.833 bits per heavy atom. The molecule has 0 bridgehead atoms. The highest BCUT2D eigenvalue weighted by molar-refractivity contribution is 6.13. The summed E-state index contributed by atoms with van der Waals surface area (Å²) >= 11 is 0. The van der Waals surface area contributed by atoms with E-state index in [9.17, 15) is 18.3 Å². The molecule has 1 heterocycles. The Balaban J connectivity index is 2.01. The van der Waals surface area contributed by atoms with Gasteiger partial charge in [-0.1, -0.05) is 66.7 Å². The summed E-state index contributed by atoms with van der Waals surface area (Å²) < 4.78 is 40.3. The van der Waals surface area contributed by atoms with Gasteiger partial charge in [-0.2, -0.15) is 0 Å². The van der Waals surface area contributed by atoms with E-state index in [1.807, 2.05) is 60.7 Å². The van der Waals surface area contributed by atoms with Crippen LogP contribution in [0.5, 0.6) is 0 Å². The lowest BCUT2D eigenvalue weighted by molar-refractivity contribution is -0.111. The van der Waals surface area contributed by atoms with Gasteiger partial charge in [-0.15, -0.1) is 0 Å². The fraction of sp³-hybridized carbons (Fsp3) is 0.250. The molecule has 0 spiro atoms. The molecule has 1 atom stereocenters. The van der Waals surface area contributed by atoms with Crippen molar-refractivity contribution in [3.63, 3.8) is 0 Å². The van der Waals surface area contributed by atoms with Gasteiger partial charge in [-0.3, -0.25) is 13.2 Å². The molecule has 2 aromatic carbocycles. The lowest BCUT2D eigenvalue weighted by Gasteiger charge is -2.39. The van der Waals surface area contributed by atoms with Crippen molar-refractivity contribution in [3.05, 3.63) is 95.7 Å². The van der Waals surface area contributed by atoms with Crippen LogP contribution in [-0.2, 0) is 5.60 Å². The molecule has 0 saturated carbocycles. The molecule has 0 fully saturated rings. The third kappa shape index (κ3) is 4.14. The number of aliphatic hydroxyl groups is 1. The maximum atomic E-state index is 13.4. The summed E-state index contributed by atoms with van der Waals surface area (Å²) in [6, 6.07) is 22.2. The van der Waals surface area contributed by atoms with E-state index < -0.39 is 31.0 Å². The number of hydrogen-bond acceptors (Lipinski definition) is 3. The molecule has 3 nitrogen and oxygen atoms in total. The zero-order valence-corrected chi connectivity index (χ0v) is 16.6. The average Bonchev–Trinajstić information content (AvgIpc) is 2.80. The quantitative estimate of drug-likeness (QED) is 0.507. The molecule has 0 aliphatic rings. The second kappa shape index (κ2) is 9.22. The fourth-order valence-corrected chi connectivity index (χ4v) is 3.15. The summed E-state index contributed by atoms with van der Waals surface area (Å²) in [6.45, 7) is -2.80. The van der Waals surface area contributed by atoms with Crippen LogP contribution >= 0.6 is 0 Å². The SMILES string of the molecule is CC(O)(c1ccc(N=C(c2ccccc2)c2ccccc2)nc1)C(CF)(CF)CF. The van der Waals surface area contributed by atoms with Crippen LogP contribution in [0.15, 0.2) is 84.0 Å². The number of hydrogen-bond donors (Lipinski definition) is 1. The molecule has 0 radical (unpaired) electrons. The minimum absolute atomic E-state index is 0.121. The Morgan fingerprint density at radius 3 is 1.73 bits per heavy atom. The molecule has 1 unspecified atom stereocenters.